The van der Waals surface area contributed by atoms with Gasteiger partial charge >= 0.3 is 0 Å². The molecular formula is C14H22N2O. The van der Waals surface area contributed by atoms with E-state index in [9.17, 15) is 0 Å². The Morgan fingerprint density at radius 2 is 2.06 bits per heavy atom. The van der Waals surface area contributed by atoms with Crippen molar-refractivity contribution < 1.29 is 4.74 Å². The highest BCUT2D eigenvalue weighted by atomic mass is 16.5. The summed E-state index contributed by atoms with van der Waals surface area (Å²) in [5.74, 6) is 0. The lowest BCUT2D eigenvalue weighted by atomic mass is 9.89. The molecule has 1 atom stereocenters. The molecule has 2 rings (SSSR count). The molecule has 3 heteroatoms. The minimum atomic E-state index is 0.194. The molecule has 0 spiro atoms. The minimum absolute atomic E-state index is 0.194. The van der Waals surface area contributed by atoms with Gasteiger partial charge in [0.05, 0.1) is 6.10 Å². The molecular weight excluding hydrogens is 212 g/mol. The maximum atomic E-state index is 6.11. The fraction of sp³-hybridized carbons (Fsp3) is 0.571. The molecule has 1 fully saturated rings. The van der Waals surface area contributed by atoms with Crippen molar-refractivity contribution in [3.8, 4) is 0 Å². The number of benzene rings is 1. The van der Waals surface area contributed by atoms with Gasteiger partial charge in [-0.15, -0.1) is 0 Å². The van der Waals surface area contributed by atoms with Crippen LogP contribution in [0.3, 0.4) is 0 Å². The summed E-state index contributed by atoms with van der Waals surface area (Å²) in [5, 5.41) is 3.50. The van der Waals surface area contributed by atoms with Gasteiger partial charge in [0.15, 0.2) is 0 Å². The molecule has 0 aromatic heterocycles. The van der Waals surface area contributed by atoms with Gasteiger partial charge in [-0.25, -0.2) is 0 Å². The Kier molecular flexibility index (Phi) is 4.54. The lowest BCUT2D eigenvalue weighted by Crippen LogP contribution is -2.49. The average molecular weight is 234 g/mol. The number of hydrogen-bond donors (Lipinski definition) is 2. The highest BCUT2D eigenvalue weighted by Gasteiger charge is 2.28. The first-order valence-electron chi connectivity index (χ1n) is 6.33. The van der Waals surface area contributed by atoms with Crippen molar-refractivity contribution in [1.29, 1.82) is 0 Å². The molecule has 3 N–H and O–H groups in total. The van der Waals surface area contributed by atoms with Gasteiger partial charge in [0.2, 0.25) is 0 Å². The fourth-order valence-corrected chi connectivity index (χ4v) is 2.23. The molecule has 0 heterocycles. The number of hydrogen-bond acceptors (Lipinski definition) is 3. The van der Waals surface area contributed by atoms with Crippen LogP contribution in [0.5, 0.6) is 0 Å². The van der Waals surface area contributed by atoms with E-state index in [0.29, 0.717) is 12.1 Å². The van der Waals surface area contributed by atoms with Crippen molar-refractivity contribution in [1.82, 2.24) is 5.32 Å². The third kappa shape index (κ3) is 3.80. The van der Waals surface area contributed by atoms with E-state index in [1.807, 2.05) is 6.07 Å². The smallest absolute Gasteiger partial charge is 0.0601 e. The summed E-state index contributed by atoms with van der Waals surface area (Å²) in [4.78, 5) is 0. The quantitative estimate of drug-likeness (QED) is 0.780. The van der Waals surface area contributed by atoms with Crippen molar-refractivity contribution in [3.05, 3.63) is 35.9 Å². The van der Waals surface area contributed by atoms with Gasteiger partial charge in [0.25, 0.3) is 0 Å². The minimum Gasteiger partial charge on any atom is -0.381 e. The molecule has 0 amide bonds. The van der Waals surface area contributed by atoms with E-state index in [0.717, 1.165) is 25.8 Å². The Hall–Kier alpha value is -0.900. The third-order valence-electron chi connectivity index (χ3n) is 3.44. The Balaban J connectivity index is 1.63. The van der Waals surface area contributed by atoms with Gasteiger partial charge in [-0.3, -0.25) is 0 Å². The van der Waals surface area contributed by atoms with E-state index < -0.39 is 0 Å². The highest BCUT2D eigenvalue weighted by Crippen LogP contribution is 2.22. The molecule has 1 unspecified atom stereocenters. The second-order valence-electron chi connectivity index (χ2n) is 4.88. The molecule has 1 aliphatic rings. The predicted molar refractivity (Wildman–Crippen MR) is 69.9 cm³/mol. The summed E-state index contributed by atoms with van der Waals surface area (Å²) >= 11 is 0. The summed E-state index contributed by atoms with van der Waals surface area (Å²) in [6.45, 7) is 0.885. The van der Waals surface area contributed by atoms with E-state index >= 15 is 0 Å². The summed E-state index contributed by atoms with van der Waals surface area (Å²) in [6, 6.07) is 11.2. The van der Waals surface area contributed by atoms with Crippen molar-refractivity contribution in [2.45, 2.75) is 37.5 Å². The van der Waals surface area contributed by atoms with E-state index in [-0.39, 0.29) is 6.04 Å². The number of ether oxygens (including phenoxy) is 1. The normalized spacial score (nSPS) is 25.3. The van der Waals surface area contributed by atoms with Crippen LogP contribution in [0.15, 0.2) is 30.3 Å². The van der Waals surface area contributed by atoms with Gasteiger partial charge in [-0.05, 0) is 24.8 Å². The van der Waals surface area contributed by atoms with Crippen molar-refractivity contribution in [3.63, 3.8) is 0 Å². The van der Waals surface area contributed by atoms with Crippen LogP contribution in [0.25, 0.3) is 0 Å². The fourth-order valence-electron chi connectivity index (χ4n) is 2.23. The molecule has 3 nitrogen and oxygen atoms in total. The number of rotatable bonds is 6. The average Bonchev–Trinajstić information content (AvgIpc) is 2.28. The Labute approximate surface area is 103 Å². The van der Waals surface area contributed by atoms with E-state index in [2.05, 4.69) is 29.6 Å². The van der Waals surface area contributed by atoms with E-state index in [1.54, 1.807) is 7.11 Å². The lowest BCUT2D eigenvalue weighted by Gasteiger charge is -2.35. The van der Waals surface area contributed by atoms with E-state index in [1.165, 1.54) is 5.56 Å². The molecule has 1 aromatic carbocycles. The Morgan fingerprint density at radius 3 is 2.71 bits per heavy atom. The zero-order valence-corrected chi connectivity index (χ0v) is 10.4. The first kappa shape index (κ1) is 12.6. The molecule has 1 aromatic rings. The number of nitrogens with two attached hydrogens (primary N) is 1. The summed E-state index contributed by atoms with van der Waals surface area (Å²) < 4.78 is 5.25. The zero-order chi connectivity index (χ0) is 12.1. The van der Waals surface area contributed by atoms with Crippen LogP contribution in [0, 0.1) is 0 Å². The second-order valence-corrected chi connectivity index (χ2v) is 4.88. The maximum absolute atomic E-state index is 6.11. The topological polar surface area (TPSA) is 47.3 Å². The standard InChI is InChI=1S/C14H22N2O/c1-17-14-8-13(9-14)16-10-12(15)7-11-5-3-2-4-6-11/h2-6,12-14,16H,7-10,15H2,1H3. The van der Waals surface area contributed by atoms with Crippen LogP contribution in [-0.4, -0.2) is 31.8 Å². The summed E-state index contributed by atoms with van der Waals surface area (Å²) in [5.41, 5.74) is 7.42. The second kappa shape index (κ2) is 6.15. The first-order chi connectivity index (χ1) is 8.28. The van der Waals surface area contributed by atoms with Gasteiger partial charge < -0.3 is 15.8 Å². The number of methoxy groups -OCH3 is 1. The largest absolute Gasteiger partial charge is 0.381 e. The highest BCUT2D eigenvalue weighted by molar-refractivity contribution is 5.15. The monoisotopic (exact) mass is 234 g/mol. The first-order valence-corrected chi connectivity index (χ1v) is 6.33. The predicted octanol–water partition coefficient (Wildman–Crippen LogP) is 1.32. The van der Waals surface area contributed by atoms with E-state index in [4.69, 9.17) is 10.5 Å². The van der Waals surface area contributed by atoms with Crippen molar-refractivity contribution >= 4 is 0 Å². The maximum Gasteiger partial charge on any atom is 0.0601 e. The van der Waals surface area contributed by atoms with Gasteiger partial charge in [0, 0.05) is 25.7 Å². The van der Waals surface area contributed by atoms with Crippen LogP contribution in [-0.2, 0) is 11.2 Å². The number of nitrogens with one attached hydrogen (secondary N) is 1. The molecule has 0 saturated heterocycles. The van der Waals surface area contributed by atoms with Gasteiger partial charge in [-0.2, -0.15) is 0 Å². The van der Waals surface area contributed by atoms with Crippen LogP contribution in [0.2, 0.25) is 0 Å². The zero-order valence-electron chi connectivity index (χ0n) is 10.4. The molecule has 0 aliphatic heterocycles. The Bertz CT molecular complexity index is 322. The van der Waals surface area contributed by atoms with Crippen molar-refractivity contribution in [2.75, 3.05) is 13.7 Å². The molecule has 0 bridgehead atoms. The van der Waals surface area contributed by atoms with Crippen LogP contribution >= 0.6 is 0 Å². The lowest BCUT2D eigenvalue weighted by molar-refractivity contribution is 0.0172. The Morgan fingerprint density at radius 1 is 1.35 bits per heavy atom. The van der Waals surface area contributed by atoms with Crippen LogP contribution < -0.4 is 11.1 Å². The molecule has 94 valence electrons. The van der Waals surface area contributed by atoms with Crippen LogP contribution in [0.1, 0.15) is 18.4 Å². The van der Waals surface area contributed by atoms with Gasteiger partial charge in [0.1, 0.15) is 0 Å². The van der Waals surface area contributed by atoms with Crippen LogP contribution in [0.4, 0.5) is 0 Å². The molecule has 1 aliphatic carbocycles. The summed E-state index contributed by atoms with van der Waals surface area (Å²) in [6.07, 6.45) is 3.63. The molecule has 1 saturated carbocycles. The van der Waals surface area contributed by atoms with Gasteiger partial charge in [-0.1, -0.05) is 30.3 Å². The molecule has 17 heavy (non-hydrogen) atoms. The third-order valence-corrected chi connectivity index (χ3v) is 3.44. The summed E-state index contributed by atoms with van der Waals surface area (Å²) in [7, 11) is 1.78. The SMILES string of the molecule is COC1CC(NCC(N)Cc2ccccc2)C1. The molecule has 0 radical (unpaired) electrons. The van der Waals surface area contributed by atoms with Crippen molar-refractivity contribution in [2.24, 2.45) is 5.73 Å².